The Hall–Kier alpha value is -2.64. The Bertz CT molecular complexity index is 699. The highest BCUT2D eigenvalue weighted by Crippen LogP contribution is 2.23. The van der Waals surface area contributed by atoms with Crippen LogP contribution in [0.5, 0.6) is 0 Å². The van der Waals surface area contributed by atoms with Crippen LogP contribution in [0.3, 0.4) is 0 Å². The van der Waals surface area contributed by atoms with Gasteiger partial charge in [0, 0.05) is 6.07 Å². The maximum atomic E-state index is 11.3. The van der Waals surface area contributed by atoms with Crippen molar-refractivity contribution in [3.05, 3.63) is 43.0 Å². The summed E-state index contributed by atoms with van der Waals surface area (Å²) in [4.78, 5) is 32.5. The van der Waals surface area contributed by atoms with Crippen LogP contribution in [0, 0.1) is 10.1 Å². The van der Waals surface area contributed by atoms with E-state index in [0.717, 1.165) is 12.1 Å². The number of aromatic nitrogens is 2. The van der Waals surface area contributed by atoms with Gasteiger partial charge in [-0.15, -0.1) is 0 Å². The molecule has 0 fully saturated rings. The average molecular weight is 222 g/mol. The normalized spacial score (nSPS) is 10.5. The SMILES string of the molecule is Nc1cc2c(=O)[nH][nH]c(=O)c2cc1[N+](=O)[O-]. The molecule has 1 aromatic carbocycles. The molecule has 1 heterocycles. The molecule has 0 spiro atoms. The third-order valence-electron chi connectivity index (χ3n) is 2.14. The average Bonchev–Trinajstić information content (AvgIpc) is 2.23. The highest BCUT2D eigenvalue weighted by molar-refractivity contribution is 5.87. The van der Waals surface area contributed by atoms with Gasteiger partial charge < -0.3 is 5.73 Å². The van der Waals surface area contributed by atoms with Crippen molar-refractivity contribution in [3.8, 4) is 0 Å². The Balaban J connectivity index is 3.01. The summed E-state index contributed by atoms with van der Waals surface area (Å²) >= 11 is 0. The van der Waals surface area contributed by atoms with E-state index in [-0.39, 0.29) is 16.5 Å². The number of nitro groups is 1. The summed E-state index contributed by atoms with van der Waals surface area (Å²) in [5, 5.41) is 14.7. The van der Waals surface area contributed by atoms with Gasteiger partial charge in [0.05, 0.1) is 15.7 Å². The van der Waals surface area contributed by atoms with Gasteiger partial charge in [-0.3, -0.25) is 29.9 Å². The van der Waals surface area contributed by atoms with Crippen LogP contribution in [0.25, 0.3) is 10.8 Å². The van der Waals surface area contributed by atoms with Crippen molar-refractivity contribution >= 4 is 22.1 Å². The lowest BCUT2D eigenvalue weighted by molar-refractivity contribution is -0.383. The van der Waals surface area contributed by atoms with Crippen LogP contribution in [0.15, 0.2) is 21.7 Å². The number of hydrogen-bond acceptors (Lipinski definition) is 5. The smallest absolute Gasteiger partial charge is 0.292 e. The first-order valence-corrected chi connectivity index (χ1v) is 4.19. The maximum absolute atomic E-state index is 11.3. The molecule has 4 N–H and O–H groups in total. The minimum Gasteiger partial charge on any atom is -0.393 e. The van der Waals surface area contributed by atoms with E-state index in [4.69, 9.17) is 5.73 Å². The lowest BCUT2D eigenvalue weighted by Gasteiger charge is -1.99. The van der Waals surface area contributed by atoms with Gasteiger partial charge in [0.2, 0.25) is 0 Å². The van der Waals surface area contributed by atoms with Crippen molar-refractivity contribution in [1.29, 1.82) is 0 Å². The van der Waals surface area contributed by atoms with Crippen molar-refractivity contribution in [1.82, 2.24) is 10.2 Å². The predicted molar refractivity (Wildman–Crippen MR) is 56.3 cm³/mol. The van der Waals surface area contributed by atoms with Gasteiger partial charge in [0.25, 0.3) is 16.8 Å². The van der Waals surface area contributed by atoms with Crippen LogP contribution in [0.1, 0.15) is 0 Å². The summed E-state index contributed by atoms with van der Waals surface area (Å²) in [7, 11) is 0. The first-order chi connectivity index (χ1) is 7.50. The van der Waals surface area contributed by atoms with E-state index in [2.05, 4.69) is 10.2 Å². The molecule has 0 atom stereocenters. The van der Waals surface area contributed by atoms with E-state index in [0.29, 0.717) is 0 Å². The van der Waals surface area contributed by atoms with Crippen LogP contribution in [0.2, 0.25) is 0 Å². The van der Waals surface area contributed by atoms with Crippen LogP contribution < -0.4 is 16.9 Å². The number of hydrogen-bond donors (Lipinski definition) is 3. The number of anilines is 1. The number of nitrogens with one attached hydrogen (secondary N) is 2. The quantitative estimate of drug-likeness (QED) is 0.346. The van der Waals surface area contributed by atoms with Crippen LogP contribution >= 0.6 is 0 Å². The molecule has 1 aromatic heterocycles. The Morgan fingerprint density at radius 2 is 1.62 bits per heavy atom. The van der Waals surface area contributed by atoms with Crippen LogP contribution in [-0.4, -0.2) is 15.1 Å². The van der Waals surface area contributed by atoms with E-state index in [1.165, 1.54) is 0 Å². The second kappa shape index (κ2) is 3.19. The topological polar surface area (TPSA) is 135 Å². The fourth-order valence-electron chi connectivity index (χ4n) is 1.39. The van der Waals surface area contributed by atoms with Crippen molar-refractivity contribution < 1.29 is 4.92 Å². The molecular formula is C8H6N4O4. The molecule has 2 rings (SSSR count). The Labute approximate surface area is 86.8 Å². The molecule has 0 saturated heterocycles. The minimum atomic E-state index is -0.713. The van der Waals surface area contributed by atoms with Crippen LogP contribution in [-0.2, 0) is 0 Å². The minimum absolute atomic E-state index is 0.0202. The number of nitrogens with zero attached hydrogens (tertiary/aromatic N) is 1. The van der Waals surface area contributed by atoms with Crippen molar-refractivity contribution in [3.63, 3.8) is 0 Å². The number of H-pyrrole nitrogens is 2. The molecule has 2 aromatic rings. The zero-order chi connectivity index (χ0) is 11.9. The summed E-state index contributed by atoms with van der Waals surface area (Å²) in [5.41, 5.74) is 3.67. The summed E-state index contributed by atoms with van der Waals surface area (Å²) < 4.78 is 0. The van der Waals surface area contributed by atoms with E-state index in [9.17, 15) is 19.7 Å². The molecule has 0 bridgehead atoms. The first-order valence-electron chi connectivity index (χ1n) is 4.19. The standard InChI is InChI=1S/C8H6N4O4/c9-5-1-3-4(2-6(5)12(15)16)8(14)11-10-7(3)13/h1-2H,9H2,(H,10,13)(H,11,14). The molecule has 0 radical (unpaired) electrons. The molecule has 0 aliphatic rings. The molecule has 0 aliphatic carbocycles. The van der Waals surface area contributed by atoms with E-state index >= 15 is 0 Å². The number of fused-ring (bicyclic) bond motifs is 1. The number of rotatable bonds is 1. The van der Waals surface area contributed by atoms with Crippen molar-refractivity contribution in [2.24, 2.45) is 0 Å². The molecule has 0 aliphatic heterocycles. The molecule has 0 saturated carbocycles. The largest absolute Gasteiger partial charge is 0.393 e. The number of nitrogen functional groups attached to an aromatic ring is 1. The van der Waals surface area contributed by atoms with Gasteiger partial charge in [-0.1, -0.05) is 0 Å². The summed E-state index contributed by atoms with van der Waals surface area (Å²) in [5.74, 6) is 0. The lowest BCUT2D eigenvalue weighted by atomic mass is 10.1. The van der Waals surface area contributed by atoms with Gasteiger partial charge in [-0.05, 0) is 6.07 Å². The van der Waals surface area contributed by atoms with E-state index in [1.54, 1.807) is 0 Å². The molecule has 0 amide bonds. The van der Waals surface area contributed by atoms with Crippen LogP contribution in [0.4, 0.5) is 11.4 Å². The van der Waals surface area contributed by atoms with E-state index in [1.807, 2.05) is 0 Å². The zero-order valence-corrected chi connectivity index (χ0v) is 7.81. The third kappa shape index (κ3) is 1.32. The molecule has 16 heavy (non-hydrogen) atoms. The lowest BCUT2D eigenvalue weighted by Crippen LogP contribution is -2.19. The second-order valence-corrected chi connectivity index (χ2v) is 3.12. The zero-order valence-electron chi connectivity index (χ0n) is 7.81. The Kier molecular flexibility index (Phi) is 1.97. The summed E-state index contributed by atoms with van der Waals surface area (Å²) in [6, 6.07) is 2.10. The first kappa shape index (κ1) is 9.90. The fraction of sp³-hybridized carbons (Fsp3) is 0. The predicted octanol–water partition coefficient (Wildman–Crippen LogP) is -0.293. The van der Waals surface area contributed by atoms with E-state index < -0.39 is 21.7 Å². The van der Waals surface area contributed by atoms with Crippen molar-refractivity contribution in [2.45, 2.75) is 0 Å². The van der Waals surface area contributed by atoms with Gasteiger partial charge >= 0.3 is 0 Å². The summed E-state index contributed by atoms with van der Waals surface area (Å²) in [6.07, 6.45) is 0. The number of nitrogens with two attached hydrogens (primary N) is 1. The molecule has 8 nitrogen and oxygen atoms in total. The van der Waals surface area contributed by atoms with Gasteiger partial charge in [-0.25, -0.2) is 0 Å². The number of aromatic amines is 2. The second-order valence-electron chi connectivity index (χ2n) is 3.12. The van der Waals surface area contributed by atoms with Gasteiger partial charge in [-0.2, -0.15) is 0 Å². The van der Waals surface area contributed by atoms with Gasteiger partial charge in [0.1, 0.15) is 5.69 Å². The third-order valence-corrected chi connectivity index (χ3v) is 2.14. The number of benzene rings is 1. The Morgan fingerprint density at radius 1 is 1.12 bits per heavy atom. The fourth-order valence-corrected chi connectivity index (χ4v) is 1.39. The molecule has 8 heteroatoms. The highest BCUT2D eigenvalue weighted by atomic mass is 16.6. The van der Waals surface area contributed by atoms with Crippen molar-refractivity contribution in [2.75, 3.05) is 5.73 Å². The highest BCUT2D eigenvalue weighted by Gasteiger charge is 2.15. The Morgan fingerprint density at radius 3 is 2.12 bits per heavy atom. The summed E-state index contributed by atoms with van der Waals surface area (Å²) in [6.45, 7) is 0. The molecule has 82 valence electrons. The van der Waals surface area contributed by atoms with Gasteiger partial charge in [0.15, 0.2) is 0 Å². The molecule has 0 unspecified atom stereocenters. The monoisotopic (exact) mass is 222 g/mol. The maximum Gasteiger partial charge on any atom is 0.292 e. The number of nitro benzene ring substituents is 1. The molecular weight excluding hydrogens is 216 g/mol.